The molecule has 0 rings (SSSR count). The maximum atomic E-state index is 11.2. The summed E-state index contributed by atoms with van der Waals surface area (Å²) < 4.78 is 57.1. The van der Waals surface area contributed by atoms with Gasteiger partial charge in [-0.2, -0.15) is 21.6 Å². The molecule has 0 fully saturated rings. The lowest BCUT2D eigenvalue weighted by Gasteiger charge is -2.04. The van der Waals surface area contributed by atoms with Crippen molar-refractivity contribution in [2.24, 2.45) is 0 Å². The lowest BCUT2D eigenvalue weighted by Crippen LogP contribution is -2.18. The van der Waals surface area contributed by atoms with Crippen LogP contribution in [0.3, 0.4) is 0 Å². The Hall–Kier alpha value is -0.340. The van der Waals surface area contributed by atoms with Gasteiger partial charge in [-0.05, 0) is 0 Å². The van der Waals surface area contributed by atoms with Crippen LogP contribution in [0.15, 0.2) is 0 Å². The molecule has 0 radical (unpaired) electrons. The smallest absolute Gasteiger partial charge is 0.210 e. The van der Waals surface area contributed by atoms with Crippen molar-refractivity contribution < 1.29 is 30.8 Å². The average Bonchev–Trinajstić information content (AvgIpc) is 1.55. The number of rotatable bonds is 3. The molecule has 0 amide bonds. The van der Waals surface area contributed by atoms with Crippen LogP contribution in [0.5, 0.6) is 0 Å². The van der Waals surface area contributed by atoms with Crippen molar-refractivity contribution in [3.63, 3.8) is 0 Å². The van der Waals surface area contributed by atoms with Gasteiger partial charge in [0.15, 0.2) is 6.61 Å². The van der Waals surface area contributed by atoms with Crippen LogP contribution in [-0.2, 0) is 19.3 Å². The Labute approximate surface area is 61.0 Å². The van der Waals surface area contributed by atoms with E-state index < -0.39 is 22.9 Å². The number of hydrogen-bond acceptors (Lipinski definition) is 4. The number of alkyl halides is 3. The largest absolute Gasteiger partial charge is 0.415 e. The van der Waals surface area contributed by atoms with Gasteiger partial charge in [0.25, 0.3) is 10.1 Å². The summed E-state index contributed by atoms with van der Waals surface area (Å²) in [4.78, 5) is 3.35. The van der Waals surface area contributed by atoms with E-state index in [2.05, 4.69) is 9.22 Å². The minimum absolute atomic E-state index is 0.573. The third-order valence-corrected chi connectivity index (χ3v) is 0.738. The predicted octanol–water partition coefficient (Wildman–Crippen LogP) is 0.457. The van der Waals surface area contributed by atoms with Crippen LogP contribution in [-0.4, -0.2) is 27.5 Å². The van der Waals surface area contributed by atoms with Gasteiger partial charge >= 0.3 is 6.18 Å². The highest BCUT2D eigenvalue weighted by Gasteiger charge is 2.29. The molecule has 0 spiro atoms. The molecular formula is C3H5F3O4S. The van der Waals surface area contributed by atoms with E-state index in [1.165, 1.54) is 0 Å². The van der Waals surface area contributed by atoms with Crippen LogP contribution in [0.2, 0.25) is 0 Å². The third kappa shape index (κ3) is 9.66. The first-order valence-corrected chi connectivity index (χ1v) is 4.10. The maximum absolute atomic E-state index is 11.2. The molecule has 0 aliphatic heterocycles. The van der Waals surface area contributed by atoms with E-state index >= 15 is 0 Å². The van der Waals surface area contributed by atoms with Crippen LogP contribution in [0, 0.1) is 0 Å². The molecule has 0 atom stereocenters. The summed E-state index contributed by atoms with van der Waals surface area (Å²) in [6, 6.07) is 0. The topological polar surface area (TPSA) is 52.6 Å². The minimum atomic E-state index is -4.59. The van der Waals surface area contributed by atoms with E-state index in [9.17, 15) is 21.6 Å². The van der Waals surface area contributed by atoms with Crippen molar-refractivity contribution >= 4 is 10.1 Å². The summed E-state index contributed by atoms with van der Waals surface area (Å²) in [6.07, 6.45) is -4.02. The van der Waals surface area contributed by atoms with Gasteiger partial charge in [0.05, 0.1) is 6.26 Å². The second-order valence-electron chi connectivity index (χ2n) is 1.65. The van der Waals surface area contributed by atoms with E-state index in [-0.39, 0.29) is 0 Å². The summed E-state index contributed by atoms with van der Waals surface area (Å²) >= 11 is 0. The number of hydrogen-bond donors (Lipinski definition) is 0. The third-order valence-electron chi connectivity index (χ3n) is 0.394. The van der Waals surface area contributed by atoms with Gasteiger partial charge in [-0.3, -0.25) is 0 Å². The second kappa shape index (κ2) is 3.37. The molecule has 0 aliphatic rings. The Kier molecular flexibility index (Phi) is 3.27. The van der Waals surface area contributed by atoms with Crippen molar-refractivity contribution in [2.75, 3.05) is 12.9 Å². The predicted molar refractivity (Wildman–Crippen MR) is 27.9 cm³/mol. The normalized spacial score (nSPS) is 13.5. The highest BCUT2D eigenvalue weighted by atomic mass is 32.2. The quantitative estimate of drug-likeness (QED) is 0.483. The zero-order valence-corrected chi connectivity index (χ0v) is 6.20. The molecule has 0 N–H and O–H groups in total. The van der Waals surface area contributed by atoms with Crippen LogP contribution in [0.4, 0.5) is 13.2 Å². The summed E-state index contributed by atoms with van der Waals surface area (Å²) in [7, 11) is -3.97. The monoisotopic (exact) mass is 194 g/mol. The summed E-state index contributed by atoms with van der Waals surface area (Å²) in [5, 5.41) is 0. The van der Waals surface area contributed by atoms with Crippen LogP contribution in [0.1, 0.15) is 0 Å². The molecule has 0 aliphatic carbocycles. The fourth-order valence-electron chi connectivity index (χ4n) is 0.178. The molecule has 11 heavy (non-hydrogen) atoms. The van der Waals surface area contributed by atoms with E-state index in [0.717, 1.165) is 0 Å². The molecule has 0 saturated carbocycles. The highest BCUT2D eigenvalue weighted by molar-refractivity contribution is 7.85. The molecule has 0 aromatic heterocycles. The van der Waals surface area contributed by atoms with Crippen LogP contribution in [0.25, 0.3) is 0 Å². The van der Waals surface area contributed by atoms with Crippen molar-refractivity contribution in [1.29, 1.82) is 0 Å². The molecule has 68 valence electrons. The van der Waals surface area contributed by atoms with E-state index in [1.54, 1.807) is 0 Å². The van der Waals surface area contributed by atoms with Crippen LogP contribution >= 0.6 is 0 Å². The van der Waals surface area contributed by atoms with Gasteiger partial charge in [0.1, 0.15) is 0 Å². The molecule has 4 nitrogen and oxygen atoms in total. The maximum Gasteiger partial charge on any atom is 0.415 e. The van der Waals surface area contributed by atoms with Gasteiger partial charge in [0.2, 0.25) is 0 Å². The zero-order chi connectivity index (χ0) is 9.12. The van der Waals surface area contributed by atoms with Gasteiger partial charge in [-0.1, -0.05) is 0 Å². The summed E-state index contributed by atoms with van der Waals surface area (Å²) in [6.45, 7) is -1.75. The van der Waals surface area contributed by atoms with Crippen molar-refractivity contribution in [1.82, 2.24) is 0 Å². The first-order chi connectivity index (χ1) is 4.71. The molecular weight excluding hydrogens is 189 g/mol. The Morgan fingerprint density at radius 1 is 1.36 bits per heavy atom. The van der Waals surface area contributed by atoms with Crippen molar-refractivity contribution in [2.45, 2.75) is 6.18 Å². The Morgan fingerprint density at radius 3 is 2.09 bits per heavy atom. The van der Waals surface area contributed by atoms with Crippen LogP contribution < -0.4 is 0 Å². The van der Waals surface area contributed by atoms with Gasteiger partial charge in [-0.15, -0.1) is 4.33 Å². The van der Waals surface area contributed by atoms with Gasteiger partial charge in [0, 0.05) is 0 Å². The lowest BCUT2D eigenvalue weighted by atomic mass is 10.7. The standard InChI is InChI=1S/C3H5F3O4S/c1-11(7,8)10-9-2-3(4,5)6/h2H2,1H3. The Bertz CT molecular complexity index is 205. The van der Waals surface area contributed by atoms with Gasteiger partial charge < -0.3 is 0 Å². The molecule has 0 aromatic rings. The fraction of sp³-hybridized carbons (Fsp3) is 1.00. The van der Waals surface area contributed by atoms with Crippen molar-refractivity contribution in [3.05, 3.63) is 0 Å². The molecule has 0 heterocycles. The number of halogens is 3. The van der Waals surface area contributed by atoms with E-state index in [4.69, 9.17) is 0 Å². The lowest BCUT2D eigenvalue weighted by molar-refractivity contribution is -0.279. The Balaban J connectivity index is 3.61. The zero-order valence-electron chi connectivity index (χ0n) is 5.38. The molecule has 0 unspecified atom stereocenters. The van der Waals surface area contributed by atoms with Crippen molar-refractivity contribution in [3.8, 4) is 0 Å². The molecule has 8 heteroatoms. The SMILES string of the molecule is CS(=O)(=O)OOCC(F)(F)F. The van der Waals surface area contributed by atoms with E-state index in [1.807, 2.05) is 0 Å². The minimum Gasteiger partial charge on any atom is -0.210 e. The fourth-order valence-corrected chi connectivity index (χ4v) is 0.401. The average molecular weight is 194 g/mol. The Morgan fingerprint density at radius 2 is 1.82 bits per heavy atom. The summed E-state index contributed by atoms with van der Waals surface area (Å²) in [5.41, 5.74) is 0. The highest BCUT2D eigenvalue weighted by Crippen LogP contribution is 2.14. The molecule has 0 bridgehead atoms. The first kappa shape index (κ1) is 10.7. The van der Waals surface area contributed by atoms with E-state index in [0.29, 0.717) is 6.26 Å². The van der Waals surface area contributed by atoms with Gasteiger partial charge in [-0.25, -0.2) is 4.89 Å². The summed E-state index contributed by atoms with van der Waals surface area (Å²) in [5.74, 6) is 0. The molecule has 0 saturated heterocycles. The first-order valence-electron chi connectivity index (χ1n) is 2.28. The second-order valence-corrected chi connectivity index (χ2v) is 3.19. The molecule has 0 aromatic carbocycles.